The molecule has 0 aliphatic carbocycles. The quantitative estimate of drug-likeness (QED) is 0.0263. The highest BCUT2D eigenvalue weighted by atomic mass is 16.6. The predicted molar refractivity (Wildman–Crippen MR) is 247 cm³/mol. The van der Waals surface area contributed by atoms with Gasteiger partial charge in [-0.3, -0.25) is 14.4 Å². The van der Waals surface area contributed by atoms with E-state index in [2.05, 4.69) is 45.1 Å². The van der Waals surface area contributed by atoms with Gasteiger partial charge < -0.3 is 14.2 Å². The SMILES string of the molecule is CCCCC/C=C\C/C=C\CCCCCCCC(=O)OC(COC(=O)CCCCCCCC)COC(=O)CCCCCCCCCCCCCCCCCCCCC. The van der Waals surface area contributed by atoms with E-state index in [4.69, 9.17) is 14.2 Å². The van der Waals surface area contributed by atoms with Crippen molar-refractivity contribution in [3.63, 3.8) is 0 Å². The molecule has 6 heteroatoms. The second-order valence-corrected chi connectivity index (χ2v) is 17.1. The molecule has 0 rings (SSSR count). The van der Waals surface area contributed by atoms with Crippen LogP contribution < -0.4 is 0 Å². The summed E-state index contributed by atoms with van der Waals surface area (Å²) >= 11 is 0. The molecule has 0 saturated heterocycles. The molecule has 0 aromatic rings. The van der Waals surface area contributed by atoms with Gasteiger partial charge in [-0.1, -0.05) is 225 Å². The van der Waals surface area contributed by atoms with Gasteiger partial charge in [0.25, 0.3) is 0 Å². The number of allylic oxidation sites excluding steroid dienone is 4. The van der Waals surface area contributed by atoms with Gasteiger partial charge in [-0.2, -0.15) is 0 Å². The van der Waals surface area contributed by atoms with Crippen molar-refractivity contribution in [1.82, 2.24) is 0 Å². The van der Waals surface area contributed by atoms with Crippen molar-refractivity contribution in [2.75, 3.05) is 13.2 Å². The highest BCUT2D eigenvalue weighted by molar-refractivity contribution is 5.71. The first-order valence-corrected chi connectivity index (χ1v) is 25.3. The third-order valence-electron chi connectivity index (χ3n) is 11.2. The lowest BCUT2D eigenvalue weighted by Gasteiger charge is -2.18. The van der Waals surface area contributed by atoms with Gasteiger partial charge in [0.1, 0.15) is 13.2 Å². The number of carbonyl (C=O) groups is 3. The molecule has 0 N–H and O–H groups in total. The Hall–Kier alpha value is -2.11. The molecule has 0 amide bonds. The fourth-order valence-corrected chi connectivity index (χ4v) is 7.36. The lowest BCUT2D eigenvalue weighted by Crippen LogP contribution is -2.30. The number of esters is 3. The van der Waals surface area contributed by atoms with Gasteiger partial charge in [-0.05, 0) is 51.4 Å². The van der Waals surface area contributed by atoms with Gasteiger partial charge in [0.2, 0.25) is 0 Å². The van der Waals surface area contributed by atoms with Crippen molar-refractivity contribution in [1.29, 1.82) is 0 Å². The van der Waals surface area contributed by atoms with Crippen LogP contribution >= 0.6 is 0 Å². The average Bonchev–Trinajstić information content (AvgIpc) is 3.22. The van der Waals surface area contributed by atoms with Crippen LogP contribution in [-0.4, -0.2) is 37.2 Å². The molecular weight excluding hydrogens is 721 g/mol. The van der Waals surface area contributed by atoms with Crippen molar-refractivity contribution >= 4 is 17.9 Å². The first-order chi connectivity index (χ1) is 28.5. The summed E-state index contributed by atoms with van der Waals surface area (Å²) in [5, 5.41) is 0. The Kier molecular flexibility index (Phi) is 45.8. The normalized spacial score (nSPS) is 12.1. The second-order valence-electron chi connectivity index (χ2n) is 17.1. The van der Waals surface area contributed by atoms with E-state index < -0.39 is 6.10 Å². The molecule has 1 atom stereocenters. The summed E-state index contributed by atoms with van der Waals surface area (Å²) in [5.41, 5.74) is 0. The van der Waals surface area contributed by atoms with Crippen molar-refractivity contribution in [3.05, 3.63) is 24.3 Å². The number of hydrogen-bond donors (Lipinski definition) is 0. The van der Waals surface area contributed by atoms with E-state index in [9.17, 15) is 14.4 Å². The smallest absolute Gasteiger partial charge is 0.306 e. The van der Waals surface area contributed by atoms with Crippen LogP contribution in [0.25, 0.3) is 0 Å². The van der Waals surface area contributed by atoms with E-state index in [0.717, 1.165) is 83.5 Å². The zero-order chi connectivity index (χ0) is 42.3. The number of ether oxygens (including phenoxy) is 3. The molecule has 6 nitrogen and oxygen atoms in total. The molecule has 0 aliphatic heterocycles. The van der Waals surface area contributed by atoms with Crippen molar-refractivity contribution < 1.29 is 28.6 Å². The molecule has 0 aromatic carbocycles. The van der Waals surface area contributed by atoms with Crippen LogP contribution in [-0.2, 0) is 28.6 Å². The van der Waals surface area contributed by atoms with Gasteiger partial charge in [-0.25, -0.2) is 0 Å². The molecule has 0 saturated carbocycles. The number of rotatable bonds is 46. The minimum Gasteiger partial charge on any atom is -0.462 e. The molecule has 0 aliphatic rings. The topological polar surface area (TPSA) is 78.9 Å². The van der Waals surface area contributed by atoms with E-state index in [0.29, 0.717) is 19.3 Å². The summed E-state index contributed by atoms with van der Waals surface area (Å²) in [5.74, 6) is -0.886. The highest BCUT2D eigenvalue weighted by Gasteiger charge is 2.19. The maximum Gasteiger partial charge on any atom is 0.306 e. The Morgan fingerprint density at radius 3 is 0.983 bits per heavy atom. The van der Waals surface area contributed by atoms with Gasteiger partial charge in [0, 0.05) is 19.3 Å². The molecule has 0 fully saturated rings. The molecule has 0 heterocycles. The predicted octanol–water partition coefficient (Wildman–Crippen LogP) is 16.4. The minimum atomic E-state index is -0.770. The first-order valence-electron chi connectivity index (χ1n) is 25.3. The van der Waals surface area contributed by atoms with E-state index in [-0.39, 0.29) is 31.1 Å². The number of carbonyl (C=O) groups excluding carboxylic acids is 3. The average molecular weight is 817 g/mol. The van der Waals surface area contributed by atoms with E-state index in [1.807, 2.05) is 0 Å². The second kappa shape index (κ2) is 47.6. The third kappa shape index (κ3) is 45.0. The molecular formula is C52H96O6. The first kappa shape index (κ1) is 55.9. The van der Waals surface area contributed by atoms with Gasteiger partial charge in [0.05, 0.1) is 0 Å². The fourth-order valence-electron chi connectivity index (χ4n) is 7.36. The Balaban J connectivity index is 4.18. The van der Waals surface area contributed by atoms with Gasteiger partial charge in [0.15, 0.2) is 6.10 Å². The number of unbranched alkanes of at least 4 members (excludes halogenated alkanes) is 31. The summed E-state index contributed by atoms with van der Waals surface area (Å²) in [6, 6.07) is 0. The zero-order valence-corrected chi connectivity index (χ0v) is 38.8. The van der Waals surface area contributed by atoms with Crippen molar-refractivity contribution in [2.45, 2.75) is 277 Å². The van der Waals surface area contributed by atoms with Crippen LogP contribution in [0.5, 0.6) is 0 Å². The molecule has 1 unspecified atom stereocenters. The standard InChI is InChI=1S/C52H96O6/c1-4-7-10-13-16-18-20-22-24-25-26-27-29-30-32-34-36-39-42-45-51(54)57-48-49(47-56-50(53)44-41-38-15-12-9-6-3)58-52(55)46-43-40-37-35-33-31-28-23-21-19-17-14-11-8-5-2/h17,19,23,28,49H,4-16,18,20-22,24-27,29-48H2,1-3H3/b19-17-,28-23-. The van der Waals surface area contributed by atoms with E-state index >= 15 is 0 Å². The van der Waals surface area contributed by atoms with Gasteiger partial charge >= 0.3 is 17.9 Å². The van der Waals surface area contributed by atoms with E-state index in [1.54, 1.807) is 0 Å². The minimum absolute atomic E-state index is 0.0733. The molecule has 0 radical (unpaired) electrons. The molecule has 0 bridgehead atoms. The summed E-state index contributed by atoms with van der Waals surface area (Å²) in [6.07, 6.45) is 53.3. The van der Waals surface area contributed by atoms with Crippen LogP contribution in [0.15, 0.2) is 24.3 Å². The van der Waals surface area contributed by atoms with Crippen LogP contribution in [0.1, 0.15) is 271 Å². The molecule has 0 spiro atoms. The molecule has 340 valence electrons. The summed E-state index contributed by atoms with van der Waals surface area (Å²) in [4.78, 5) is 37.7. The van der Waals surface area contributed by atoms with Crippen molar-refractivity contribution in [2.24, 2.45) is 0 Å². The van der Waals surface area contributed by atoms with Crippen molar-refractivity contribution in [3.8, 4) is 0 Å². The number of hydrogen-bond acceptors (Lipinski definition) is 6. The monoisotopic (exact) mass is 817 g/mol. The Morgan fingerprint density at radius 2 is 0.621 bits per heavy atom. The third-order valence-corrected chi connectivity index (χ3v) is 11.2. The lowest BCUT2D eigenvalue weighted by molar-refractivity contribution is -0.167. The summed E-state index contributed by atoms with van der Waals surface area (Å²) in [6.45, 7) is 6.57. The van der Waals surface area contributed by atoms with Crippen LogP contribution in [0.4, 0.5) is 0 Å². The Bertz CT molecular complexity index is 942. The Morgan fingerprint density at radius 1 is 0.345 bits per heavy atom. The molecule has 58 heavy (non-hydrogen) atoms. The fraction of sp³-hybridized carbons (Fsp3) is 0.865. The van der Waals surface area contributed by atoms with Crippen LogP contribution in [0.2, 0.25) is 0 Å². The largest absolute Gasteiger partial charge is 0.462 e. The van der Waals surface area contributed by atoms with Gasteiger partial charge in [-0.15, -0.1) is 0 Å². The maximum atomic E-state index is 12.7. The summed E-state index contributed by atoms with van der Waals surface area (Å²) in [7, 11) is 0. The Labute approximate surface area is 360 Å². The van der Waals surface area contributed by atoms with Crippen LogP contribution in [0, 0.1) is 0 Å². The highest BCUT2D eigenvalue weighted by Crippen LogP contribution is 2.16. The molecule has 0 aromatic heterocycles. The maximum absolute atomic E-state index is 12.7. The zero-order valence-electron chi connectivity index (χ0n) is 38.8. The summed E-state index contributed by atoms with van der Waals surface area (Å²) < 4.78 is 16.7. The lowest BCUT2D eigenvalue weighted by atomic mass is 10.0. The van der Waals surface area contributed by atoms with E-state index in [1.165, 1.54) is 148 Å². The van der Waals surface area contributed by atoms with Crippen LogP contribution in [0.3, 0.4) is 0 Å².